The molecule has 0 bridgehead atoms. The maximum atomic E-state index is 11.1. The molecule has 1 aliphatic heterocycles. The molecule has 0 amide bonds. The zero-order chi connectivity index (χ0) is 33.3. The number of aromatic nitrogens is 2. The highest BCUT2D eigenvalue weighted by molar-refractivity contribution is 6.83. The van der Waals surface area contributed by atoms with Crippen molar-refractivity contribution in [2.24, 2.45) is 0 Å². The van der Waals surface area contributed by atoms with Crippen molar-refractivity contribution >= 4 is 51.8 Å². The molecule has 2 N–H and O–H groups in total. The van der Waals surface area contributed by atoms with E-state index in [1.54, 1.807) is 6.07 Å². The van der Waals surface area contributed by atoms with Gasteiger partial charge in [0.15, 0.2) is 0 Å². The largest absolute Gasteiger partial charge is 0.507 e. The third-order valence-electron chi connectivity index (χ3n) is 9.74. The monoisotopic (exact) mass is 653 g/mol. The van der Waals surface area contributed by atoms with Gasteiger partial charge in [-0.15, -0.1) is 0 Å². The molecule has 9 rings (SSSR count). The Kier molecular flexibility index (Phi) is 6.64. The summed E-state index contributed by atoms with van der Waals surface area (Å²) < 4.78 is 8.76. The fourth-order valence-electron chi connectivity index (χ4n) is 7.21. The van der Waals surface area contributed by atoms with Gasteiger partial charge in [0, 0.05) is 27.3 Å². The van der Waals surface area contributed by atoms with E-state index in [-0.39, 0.29) is 11.8 Å². The number of imidazole rings is 1. The van der Waals surface area contributed by atoms with Crippen molar-refractivity contribution in [1.29, 1.82) is 0 Å². The average Bonchev–Trinajstić information content (AvgIpc) is 3.70. The first-order chi connectivity index (χ1) is 23.8. The number of dihydropyridines is 1. The Morgan fingerprint density at radius 1 is 0.755 bits per heavy atom. The minimum absolute atomic E-state index is 0.0487. The molecule has 0 saturated carbocycles. The molecule has 1 aliphatic rings. The number of hydrogen-bond donors (Lipinski definition) is 2. The number of rotatable bonds is 5. The van der Waals surface area contributed by atoms with Crippen molar-refractivity contribution in [3.63, 3.8) is 0 Å². The van der Waals surface area contributed by atoms with E-state index in [0.29, 0.717) is 11.4 Å². The Labute approximate surface area is 285 Å². The second kappa shape index (κ2) is 11.1. The third kappa shape index (κ3) is 4.79. The lowest BCUT2D eigenvalue weighted by Gasteiger charge is -2.25. The molecule has 3 heterocycles. The van der Waals surface area contributed by atoms with Crippen LogP contribution in [0, 0.1) is 0 Å². The van der Waals surface area contributed by atoms with Gasteiger partial charge in [-0.1, -0.05) is 111 Å². The number of para-hydroxylation sites is 3. The molecule has 5 nitrogen and oxygen atoms in total. The second-order valence-electron chi connectivity index (χ2n) is 13.9. The van der Waals surface area contributed by atoms with Crippen LogP contribution in [0.4, 0.5) is 0 Å². The van der Waals surface area contributed by atoms with E-state index in [2.05, 4.69) is 133 Å². The zero-order valence-electron chi connectivity index (χ0n) is 27.6. The number of furan rings is 1. The van der Waals surface area contributed by atoms with Gasteiger partial charge in [-0.05, 0) is 64.8 Å². The number of hydrogen-bond acceptors (Lipinski definition) is 4. The molecule has 0 spiro atoms. The van der Waals surface area contributed by atoms with Gasteiger partial charge in [0.05, 0.1) is 36.4 Å². The van der Waals surface area contributed by atoms with E-state index in [9.17, 15) is 5.11 Å². The maximum absolute atomic E-state index is 11.1. The number of aromatic hydroxyl groups is 1. The van der Waals surface area contributed by atoms with Crippen LogP contribution in [0.1, 0.15) is 11.6 Å². The Morgan fingerprint density at radius 2 is 1.49 bits per heavy atom. The van der Waals surface area contributed by atoms with Crippen molar-refractivity contribution < 1.29 is 9.52 Å². The Morgan fingerprint density at radius 3 is 2.31 bits per heavy atom. The predicted octanol–water partition coefficient (Wildman–Crippen LogP) is 11.1. The molecule has 8 aromatic rings. The number of phenols is 1. The van der Waals surface area contributed by atoms with Crippen LogP contribution >= 0.6 is 0 Å². The van der Waals surface area contributed by atoms with Crippen LogP contribution in [0.3, 0.4) is 0 Å². The quantitative estimate of drug-likeness (QED) is 0.181. The van der Waals surface area contributed by atoms with E-state index < -0.39 is 8.07 Å². The van der Waals surface area contributed by atoms with E-state index in [1.165, 1.54) is 5.20 Å². The Balaban J connectivity index is 1.32. The van der Waals surface area contributed by atoms with Gasteiger partial charge in [0.2, 0.25) is 0 Å². The lowest BCUT2D eigenvalue weighted by Crippen LogP contribution is -2.28. The van der Waals surface area contributed by atoms with Gasteiger partial charge in [0.25, 0.3) is 0 Å². The first-order valence-corrected chi connectivity index (χ1v) is 20.2. The molecular formula is C43H35N3O2Si. The van der Waals surface area contributed by atoms with Crippen molar-refractivity contribution in [2.75, 3.05) is 0 Å². The molecule has 238 valence electrons. The maximum Gasteiger partial charge on any atom is 0.149 e. The molecule has 0 fully saturated rings. The van der Waals surface area contributed by atoms with Crippen LogP contribution in [-0.4, -0.2) is 22.7 Å². The van der Waals surface area contributed by atoms with Crippen molar-refractivity contribution in [1.82, 2.24) is 14.9 Å². The lowest BCUT2D eigenvalue weighted by molar-refractivity contribution is 0.477. The predicted molar refractivity (Wildman–Crippen MR) is 205 cm³/mol. The Hall–Kier alpha value is -5.85. The van der Waals surface area contributed by atoms with Gasteiger partial charge in [0.1, 0.15) is 22.7 Å². The van der Waals surface area contributed by atoms with Crippen molar-refractivity contribution in [3.8, 4) is 34.0 Å². The molecule has 1 atom stereocenters. The summed E-state index contributed by atoms with van der Waals surface area (Å²) in [6.45, 7) is 7.10. The number of allylic oxidation sites excluding steroid dienone is 2. The molecular weight excluding hydrogens is 619 g/mol. The number of nitrogens with one attached hydrogen (secondary N) is 1. The highest BCUT2D eigenvalue weighted by atomic mass is 28.3. The fourth-order valence-corrected chi connectivity index (χ4v) is 8.32. The first kappa shape index (κ1) is 29.3. The molecule has 0 radical (unpaired) electrons. The van der Waals surface area contributed by atoms with Crippen LogP contribution in [0.2, 0.25) is 19.6 Å². The third-order valence-corrected chi connectivity index (χ3v) is 11.8. The summed E-state index contributed by atoms with van der Waals surface area (Å²) in [6.07, 6.45) is 6.76. The van der Waals surface area contributed by atoms with Crippen molar-refractivity contribution in [3.05, 3.63) is 150 Å². The van der Waals surface area contributed by atoms with E-state index in [0.717, 1.165) is 66.1 Å². The number of benzene rings is 6. The fraction of sp³-hybridized carbons (Fsp3) is 0.0930. The molecule has 6 aromatic carbocycles. The SMILES string of the molecule is C[Si](C)(C)C1=CNC(c2cc(-c3cccc4c3nc(-c3ccccc3O)n4-c3cccc4ccccc34)cc3c2oc2ccccc23)C=C1. The van der Waals surface area contributed by atoms with Gasteiger partial charge in [-0.25, -0.2) is 4.98 Å². The van der Waals surface area contributed by atoms with Crippen molar-refractivity contribution in [2.45, 2.75) is 25.7 Å². The summed E-state index contributed by atoms with van der Waals surface area (Å²) in [5.74, 6) is 0.878. The summed E-state index contributed by atoms with van der Waals surface area (Å²) in [4.78, 5) is 5.36. The lowest BCUT2D eigenvalue weighted by atomic mass is 9.94. The van der Waals surface area contributed by atoms with Crippen LogP contribution in [-0.2, 0) is 0 Å². The summed E-state index contributed by atoms with van der Waals surface area (Å²) in [5.41, 5.74) is 8.42. The highest BCUT2D eigenvalue weighted by Gasteiger charge is 2.25. The van der Waals surface area contributed by atoms with Gasteiger partial charge < -0.3 is 14.8 Å². The number of fused-ring (bicyclic) bond motifs is 5. The second-order valence-corrected chi connectivity index (χ2v) is 18.9. The summed E-state index contributed by atoms with van der Waals surface area (Å²) in [5, 5.41) is 20.6. The van der Waals surface area contributed by atoms with Crippen LogP contribution < -0.4 is 5.32 Å². The van der Waals surface area contributed by atoms with Gasteiger partial charge in [-0.2, -0.15) is 0 Å². The van der Waals surface area contributed by atoms with Gasteiger partial charge in [-0.3, -0.25) is 4.57 Å². The van der Waals surface area contributed by atoms with Crippen LogP contribution in [0.25, 0.3) is 71.9 Å². The molecule has 0 aliphatic carbocycles. The van der Waals surface area contributed by atoms with Crippen LogP contribution in [0.5, 0.6) is 5.75 Å². The normalized spacial score (nSPS) is 14.9. The topological polar surface area (TPSA) is 63.2 Å². The minimum atomic E-state index is -1.48. The minimum Gasteiger partial charge on any atom is -0.507 e. The standard InChI is InChI=1S/C43H35N3O2Si/c1-49(2,3)29-22-23-36(44-26-29)35-25-28(24-34-32-15-7-9-21-40(32)48-42(34)35)31-17-11-19-38-41(31)45-43(33-16-6-8-20-39(33)47)46(38)37-18-10-13-27-12-4-5-14-30(27)37/h4-26,36,44,47H,1-3H3. The average molecular weight is 654 g/mol. The zero-order valence-corrected chi connectivity index (χ0v) is 28.6. The van der Waals surface area contributed by atoms with E-state index in [4.69, 9.17) is 9.40 Å². The highest BCUT2D eigenvalue weighted by Crippen LogP contribution is 2.42. The van der Waals surface area contributed by atoms with E-state index in [1.807, 2.05) is 30.3 Å². The smallest absolute Gasteiger partial charge is 0.149 e. The summed E-state index contributed by atoms with van der Waals surface area (Å²) >= 11 is 0. The number of nitrogens with zero attached hydrogens (tertiary/aromatic N) is 2. The molecule has 1 unspecified atom stereocenters. The van der Waals surface area contributed by atoms with Crippen LogP contribution in [0.15, 0.2) is 149 Å². The summed E-state index contributed by atoms with van der Waals surface area (Å²) in [6, 6.07) is 41.3. The van der Waals surface area contributed by atoms with Gasteiger partial charge >= 0.3 is 0 Å². The van der Waals surface area contributed by atoms with E-state index >= 15 is 0 Å². The molecule has 0 saturated heterocycles. The molecule has 49 heavy (non-hydrogen) atoms. The summed E-state index contributed by atoms with van der Waals surface area (Å²) in [7, 11) is -1.48. The first-order valence-electron chi connectivity index (χ1n) is 16.7. The molecule has 2 aromatic heterocycles. The number of phenolic OH excluding ortho intramolecular Hbond substituents is 1. The molecule has 6 heteroatoms. The Bertz CT molecular complexity index is 2650.